The highest BCUT2D eigenvalue weighted by Crippen LogP contribution is 2.46. The highest BCUT2D eigenvalue weighted by molar-refractivity contribution is 5.89. The van der Waals surface area contributed by atoms with Crippen molar-refractivity contribution in [3.8, 4) is 0 Å². The highest BCUT2D eigenvalue weighted by Gasteiger charge is 2.41. The number of amidine groups is 1. The van der Waals surface area contributed by atoms with Crippen molar-refractivity contribution < 1.29 is 0 Å². The number of rotatable bonds is 6. The summed E-state index contributed by atoms with van der Waals surface area (Å²) in [6.07, 6.45) is 8.46. The molecular formula is C28H39N3. The maximum absolute atomic E-state index is 5.08. The maximum atomic E-state index is 5.08. The lowest BCUT2D eigenvalue weighted by Gasteiger charge is -2.46. The van der Waals surface area contributed by atoms with Gasteiger partial charge in [-0.05, 0) is 56.7 Å². The van der Waals surface area contributed by atoms with Crippen molar-refractivity contribution in [3.05, 3.63) is 71.2 Å². The summed E-state index contributed by atoms with van der Waals surface area (Å²) in [5, 5.41) is 0. The molecule has 1 saturated heterocycles. The SMILES string of the molecule is C=C1N=C(CC2(c3cccc(CCC)c3)CCCC2)N2CCN(C(C)C)C(=C)C2=C1C. The lowest BCUT2D eigenvalue weighted by Crippen LogP contribution is -2.50. The van der Waals surface area contributed by atoms with Crippen molar-refractivity contribution in [2.24, 2.45) is 4.99 Å². The van der Waals surface area contributed by atoms with Gasteiger partial charge in [-0.25, -0.2) is 4.99 Å². The molecular weight excluding hydrogens is 378 g/mol. The van der Waals surface area contributed by atoms with E-state index in [1.165, 1.54) is 60.3 Å². The zero-order chi connectivity index (χ0) is 22.2. The van der Waals surface area contributed by atoms with Crippen LogP contribution in [0.15, 0.2) is 65.1 Å². The molecule has 166 valence electrons. The molecule has 2 fully saturated rings. The Hall–Kier alpha value is -2.29. The van der Waals surface area contributed by atoms with Gasteiger partial charge in [-0.2, -0.15) is 0 Å². The molecule has 0 unspecified atom stereocenters. The number of allylic oxidation sites excluding steroid dienone is 1. The summed E-state index contributed by atoms with van der Waals surface area (Å²) in [6.45, 7) is 19.7. The van der Waals surface area contributed by atoms with E-state index in [1.54, 1.807) is 0 Å². The first-order valence-corrected chi connectivity index (χ1v) is 12.2. The smallest absolute Gasteiger partial charge is 0.110 e. The van der Waals surface area contributed by atoms with Crippen LogP contribution in [0.25, 0.3) is 0 Å². The molecule has 31 heavy (non-hydrogen) atoms. The number of hydrogen-bond acceptors (Lipinski definition) is 3. The minimum atomic E-state index is 0.190. The Labute approximate surface area is 189 Å². The van der Waals surface area contributed by atoms with Crippen LogP contribution in [0, 0.1) is 0 Å². The number of fused-ring (bicyclic) bond motifs is 1. The van der Waals surface area contributed by atoms with Gasteiger partial charge in [-0.1, -0.05) is 63.6 Å². The van der Waals surface area contributed by atoms with Crippen LogP contribution in [0.3, 0.4) is 0 Å². The Bertz CT molecular complexity index is 927. The summed E-state index contributed by atoms with van der Waals surface area (Å²) < 4.78 is 0. The van der Waals surface area contributed by atoms with Crippen LogP contribution in [0.5, 0.6) is 0 Å². The average molecular weight is 418 g/mol. The molecule has 1 aromatic rings. The molecule has 0 spiro atoms. The zero-order valence-electron chi connectivity index (χ0n) is 20.0. The van der Waals surface area contributed by atoms with Crippen molar-refractivity contribution in [2.45, 2.75) is 84.1 Å². The molecule has 4 rings (SSSR count). The predicted molar refractivity (Wildman–Crippen MR) is 132 cm³/mol. The molecule has 1 saturated carbocycles. The third-order valence-corrected chi connectivity index (χ3v) is 7.58. The summed E-state index contributed by atoms with van der Waals surface area (Å²) in [7, 11) is 0. The van der Waals surface area contributed by atoms with Crippen LogP contribution in [0.4, 0.5) is 0 Å². The fraction of sp³-hybridized carbons (Fsp3) is 0.536. The van der Waals surface area contributed by atoms with Gasteiger partial charge in [0.05, 0.1) is 17.1 Å². The van der Waals surface area contributed by atoms with E-state index in [-0.39, 0.29) is 5.41 Å². The highest BCUT2D eigenvalue weighted by atomic mass is 15.3. The Morgan fingerprint density at radius 2 is 1.87 bits per heavy atom. The van der Waals surface area contributed by atoms with Gasteiger partial charge in [0.1, 0.15) is 5.84 Å². The second kappa shape index (κ2) is 8.68. The molecule has 0 radical (unpaired) electrons. The normalized spacial score (nSPS) is 21.1. The molecule has 3 heteroatoms. The van der Waals surface area contributed by atoms with Gasteiger partial charge in [0.15, 0.2) is 0 Å². The lowest BCUT2D eigenvalue weighted by molar-refractivity contribution is 0.225. The van der Waals surface area contributed by atoms with Crippen molar-refractivity contribution in [3.63, 3.8) is 0 Å². The summed E-state index contributed by atoms with van der Waals surface area (Å²) in [6, 6.07) is 9.84. The van der Waals surface area contributed by atoms with Gasteiger partial charge in [0.2, 0.25) is 0 Å². The van der Waals surface area contributed by atoms with Crippen molar-refractivity contribution >= 4 is 5.84 Å². The molecule has 1 aromatic carbocycles. The summed E-state index contributed by atoms with van der Waals surface area (Å²) in [5.74, 6) is 1.19. The summed E-state index contributed by atoms with van der Waals surface area (Å²) >= 11 is 0. The number of piperazine rings is 1. The maximum Gasteiger partial charge on any atom is 0.110 e. The van der Waals surface area contributed by atoms with E-state index in [9.17, 15) is 0 Å². The first kappa shape index (κ1) is 21.9. The van der Waals surface area contributed by atoms with Gasteiger partial charge in [-0.15, -0.1) is 0 Å². The molecule has 0 atom stereocenters. The van der Waals surface area contributed by atoms with E-state index in [0.717, 1.165) is 37.3 Å². The molecule has 3 nitrogen and oxygen atoms in total. The first-order valence-electron chi connectivity index (χ1n) is 12.2. The van der Waals surface area contributed by atoms with Crippen molar-refractivity contribution in [1.29, 1.82) is 0 Å². The molecule has 3 aliphatic rings. The number of aliphatic imine (C=N–C) groups is 1. The van der Waals surface area contributed by atoms with E-state index in [4.69, 9.17) is 4.99 Å². The quantitative estimate of drug-likeness (QED) is 0.520. The topological polar surface area (TPSA) is 18.8 Å². The molecule has 2 heterocycles. The number of aryl methyl sites for hydroxylation is 1. The van der Waals surface area contributed by atoms with Gasteiger partial charge >= 0.3 is 0 Å². The first-order chi connectivity index (χ1) is 14.9. The zero-order valence-corrected chi connectivity index (χ0v) is 20.0. The van der Waals surface area contributed by atoms with Crippen LogP contribution >= 0.6 is 0 Å². The van der Waals surface area contributed by atoms with E-state index in [0.29, 0.717) is 6.04 Å². The lowest BCUT2D eigenvalue weighted by atomic mass is 9.74. The second-order valence-corrected chi connectivity index (χ2v) is 9.95. The van der Waals surface area contributed by atoms with E-state index in [2.05, 4.69) is 74.9 Å². The molecule has 0 N–H and O–H groups in total. The van der Waals surface area contributed by atoms with Gasteiger partial charge in [-0.3, -0.25) is 0 Å². The van der Waals surface area contributed by atoms with Crippen LogP contribution in [-0.4, -0.2) is 34.8 Å². The monoisotopic (exact) mass is 417 g/mol. The van der Waals surface area contributed by atoms with Gasteiger partial charge in [0, 0.05) is 31.0 Å². The second-order valence-electron chi connectivity index (χ2n) is 9.95. The predicted octanol–water partition coefficient (Wildman–Crippen LogP) is 6.58. The minimum absolute atomic E-state index is 0.190. The number of nitrogens with zero attached hydrogens (tertiary/aromatic N) is 3. The Morgan fingerprint density at radius 1 is 1.13 bits per heavy atom. The number of hydrogen-bond donors (Lipinski definition) is 0. The number of benzene rings is 1. The third-order valence-electron chi connectivity index (χ3n) is 7.58. The molecule has 0 bridgehead atoms. The summed E-state index contributed by atoms with van der Waals surface area (Å²) in [5.41, 5.74) is 7.61. The van der Waals surface area contributed by atoms with Crippen LogP contribution in [-0.2, 0) is 11.8 Å². The molecule has 0 aromatic heterocycles. The largest absolute Gasteiger partial charge is 0.366 e. The molecule has 1 aliphatic carbocycles. The fourth-order valence-corrected chi connectivity index (χ4v) is 5.83. The molecule has 2 aliphatic heterocycles. The Balaban J connectivity index is 1.68. The average Bonchev–Trinajstić information content (AvgIpc) is 3.21. The van der Waals surface area contributed by atoms with E-state index in [1.807, 2.05) is 0 Å². The molecule has 0 amide bonds. The Morgan fingerprint density at radius 3 is 2.55 bits per heavy atom. The summed E-state index contributed by atoms with van der Waals surface area (Å²) in [4.78, 5) is 9.96. The third kappa shape index (κ3) is 4.00. The van der Waals surface area contributed by atoms with E-state index >= 15 is 0 Å². The van der Waals surface area contributed by atoms with Crippen LogP contribution < -0.4 is 0 Å². The van der Waals surface area contributed by atoms with Crippen LogP contribution in [0.2, 0.25) is 0 Å². The van der Waals surface area contributed by atoms with Crippen molar-refractivity contribution in [2.75, 3.05) is 13.1 Å². The minimum Gasteiger partial charge on any atom is -0.366 e. The van der Waals surface area contributed by atoms with Crippen LogP contribution in [0.1, 0.15) is 77.3 Å². The standard InChI is InChI=1S/C28H39N3/c1-7-11-24-12-10-13-25(18-24)28(14-8-9-15-28)19-26-29-22(5)21(4)27-23(6)30(20(2)3)16-17-31(26)27/h10,12-13,18,20H,5-9,11,14-17,19H2,1-4H3. The van der Waals surface area contributed by atoms with E-state index < -0.39 is 0 Å². The van der Waals surface area contributed by atoms with Crippen molar-refractivity contribution in [1.82, 2.24) is 9.80 Å². The Kier molecular flexibility index (Phi) is 6.14. The van der Waals surface area contributed by atoms with Gasteiger partial charge in [0.25, 0.3) is 0 Å². The fourth-order valence-electron chi connectivity index (χ4n) is 5.83. The van der Waals surface area contributed by atoms with Gasteiger partial charge < -0.3 is 9.80 Å².